The average molecular weight is 363 g/mol. The van der Waals surface area contributed by atoms with Crippen molar-refractivity contribution >= 4 is 0 Å². The van der Waals surface area contributed by atoms with E-state index in [9.17, 15) is 0 Å². The van der Waals surface area contributed by atoms with E-state index in [-0.39, 0.29) is 10.8 Å². The molecule has 0 spiro atoms. The molecule has 2 nitrogen and oxygen atoms in total. The molecule has 26 heavy (non-hydrogen) atoms. The van der Waals surface area contributed by atoms with Crippen molar-refractivity contribution < 1.29 is 0 Å². The number of aromatic nitrogens is 2. The third-order valence-electron chi connectivity index (χ3n) is 6.29. The Morgan fingerprint density at radius 3 is 1.77 bits per heavy atom. The van der Waals surface area contributed by atoms with Crippen molar-refractivity contribution in [3.05, 3.63) is 17.2 Å². The van der Waals surface area contributed by atoms with E-state index in [2.05, 4.69) is 67.3 Å². The normalized spacial score (nSPS) is 14.2. The maximum absolute atomic E-state index is 5.22. The topological polar surface area (TPSA) is 28.7 Å². The van der Waals surface area contributed by atoms with Gasteiger partial charge in [-0.05, 0) is 18.8 Å². The van der Waals surface area contributed by atoms with Crippen LogP contribution in [0.25, 0.3) is 0 Å². The number of hydrogen-bond donors (Lipinski definition) is 1. The van der Waals surface area contributed by atoms with Crippen molar-refractivity contribution in [2.45, 2.75) is 130 Å². The minimum absolute atomic E-state index is 0.123. The number of H-pyrrole nitrogens is 1. The highest BCUT2D eigenvalue weighted by molar-refractivity contribution is 5.28. The monoisotopic (exact) mass is 362 g/mol. The minimum atomic E-state index is 0.123. The largest absolute Gasteiger partial charge is 0.345 e. The molecule has 1 aromatic heterocycles. The van der Waals surface area contributed by atoms with Crippen LogP contribution < -0.4 is 0 Å². The fourth-order valence-corrected chi connectivity index (χ4v) is 3.75. The summed E-state index contributed by atoms with van der Waals surface area (Å²) in [5.74, 6) is 2.31. The molecule has 0 radical (unpaired) electrons. The first-order valence-corrected chi connectivity index (χ1v) is 11.2. The summed E-state index contributed by atoms with van der Waals surface area (Å²) in [5, 5.41) is 0. The van der Waals surface area contributed by atoms with Gasteiger partial charge in [-0.1, -0.05) is 101 Å². The molecule has 0 amide bonds. The van der Waals surface area contributed by atoms with E-state index in [0.29, 0.717) is 11.8 Å². The van der Waals surface area contributed by atoms with E-state index < -0.39 is 0 Å². The van der Waals surface area contributed by atoms with Crippen molar-refractivity contribution in [2.75, 3.05) is 0 Å². The Morgan fingerprint density at radius 2 is 1.31 bits per heavy atom. The molecule has 2 heteroatoms. The van der Waals surface area contributed by atoms with Crippen LogP contribution in [-0.4, -0.2) is 9.97 Å². The third-order valence-corrected chi connectivity index (χ3v) is 6.29. The Kier molecular flexibility index (Phi) is 8.89. The molecule has 0 aliphatic rings. The molecule has 0 aliphatic carbocycles. The summed E-state index contributed by atoms with van der Waals surface area (Å²) in [5.41, 5.74) is 3.00. The fraction of sp³-hybridized carbons (Fsp3) is 0.875. The first-order chi connectivity index (χ1) is 12.1. The Balaban J connectivity index is 3.20. The number of unbranched alkanes of at least 4 members (excludes halogenated alkanes) is 4. The number of nitrogens with zero attached hydrogens (tertiary/aromatic N) is 1. The van der Waals surface area contributed by atoms with Gasteiger partial charge in [0.1, 0.15) is 5.82 Å². The number of aromatic amines is 1. The van der Waals surface area contributed by atoms with Gasteiger partial charge in [-0.25, -0.2) is 4.98 Å². The van der Waals surface area contributed by atoms with Crippen LogP contribution in [0.2, 0.25) is 0 Å². The summed E-state index contributed by atoms with van der Waals surface area (Å²) in [7, 11) is 0. The van der Waals surface area contributed by atoms with Gasteiger partial charge in [0.25, 0.3) is 0 Å². The van der Waals surface area contributed by atoms with Gasteiger partial charge < -0.3 is 4.98 Å². The van der Waals surface area contributed by atoms with Crippen LogP contribution >= 0.6 is 0 Å². The highest BCUT2D eigenvalue weighted by Crippen LogP contribution is 2.38. The molecular formula is C24H46N2. The molecule has 1 rings (SSSR count). The molecular weight excluding hydrogens is 316 g/mol. The Labute approximate surface area is 164 Å². The fourth-order valence-electron chi connectivity index (χ4n) is 3.75. The molecule has 0 saturated heterocycles. The van der Waals surface area contributed by atoms with Crippen LogP contribution in [0, 0.1) is 5.92 Å². The molecule has 1 unspecified atom stereocenters. The molecule has 1 aromatic rings. The van der Waals surface area contributed by atoms with Gasteiger partial charge in [0.2, 0.25) is 0 Å². The second-order valence-electron chi connectivity index (χ2n) is 10.1. The predicted octanol–water partition coefficient (Wildman–Crippen LogP) is 7.89. The lowest BCUT2D eigenvalue weighted by molar-refractivity contribution is 0.416. The molecule has 0 aromatic carbocycles. The zero-order valence-corrected chi connectivity index (χ0v) is 19.3. The van der Waals surface area contributed by atoms with E-state index in [1.165, 1.54) is 68.6 Å². The summed E-state index contributed by atoms with van der Waals surface area (Å²) in [6.45, 7) is 21.1. The lowest BCUT2D eigenvalue weighted by Crippen LogP contribution is -2.22. The maximum Gasteiger partial charge on any atom is 0.112 e. The Morgan fingerprint density at radius 1 is 0.808 bits per heavy atom. The number of rotatable bonds is 12. The van der Waals surface area contributed by atoms with Crippen LogP contribution in [0.5, 0.6) is 0 Å². The summed E-state index contributed by atoms with van der Waals surface area (Å²) in [6.07, 6.45) is 10.2. The SMILES string of the molecule is CCCCCC(C)(C)c1nc(C(C)C(C)C)c(C(C)(C)CCCCC)[nH]1. The van der Waals surface area contributed by atoms with Crippen molar-refractivity contribution in [2.24, 2.45) is 5.92 Å². The van der Waals surface area contributed by atoms with Gasteiger partial charge in [0.15, 0.2) is 0 Å². The lowest BCUT2D eigenvalue weighted by Gasteiger charge is -2.27. The van der Waals surface area contributed by atoms with Crippen molar-refractivity contribution in [1.82, 2.24) is 9.97 Å². The zero-order valence-electron chi connectivity index (χ0n) is 19.3. The first-order valence-electron chi connectivity index (χ1n) is 11.2. The first kappa shape index (κ1) is 23.2. The molecule has 0 saturated carbocycles. The van der Waals surface area contributed by atoms with E-state index in [1.54, 1.807) is 0 Å². The van der Waals surface area contributed by atoms with Gasteiger partial charge in [-0.3, -0.25) is 0 Å². The van der Waals surface area contributed by atoms with E-state index in [4.69, 9.17) is 4.98 Å². The third kappa shape index (κ3) is 6.13. The predicted molar refractivity (Wildman–Crippen MR) is 116 cm³/mol. The van der Waals surface area contributed by atoms with Crippen LogP contribution in [0.3, 0.4) is 0 Å². The summed E-state index contributed by atoms with van der Waals surface area (Å²) >= 11 is 0. The molecule has 0 bridgehead atoms. The molecule has 1 heterocycles. The molecule has 0 fully saturated rings. The molecule has 1 atom stereocenters. The smallest absolute Gasteiger partial charge is 0.112 e. The van der Waals surface area contributed by atoms with E-state index in [1.807, 2.05) is 0 Å². The Bertz CT molecular complexity index is 522. The van der Waals surface area contributed by atoms with E-state index in [0.717, 1.165) is 0 Å². The van der Waals surface area contributed by atoms with Gasteiger partial charge in [0, 0.05) is 22.4 Å². The van der Waals surface area contributed by atoms with Crippen LogP contribution in [0.4, 0.5) is 0 Å². The average Bonchev–Trinajstić information content (AvgIpc) is 3.01. The van der Waals surface area contributed by atoms with Gasteiger partial charge in [-0.2, -0.15) is 0 Å². The van der Waals surface area contributed by atoms with Crippen molar-refractivity contribution in [3.63, 3.8) is 0 Å². The Hall–Kier alpha value is -0.790. The highest BCUT2D eigenvalue weighted by Gasteiger charge is 2.33. The second kappa shape index (κ2) is 9.95. The van der Waals surface area contributed by atoms with Crippen LogP contribution in [-0.2, 0) is 10.8 Å². The highest BCUT2D eigenvalue weighted by atomic mass is 15.0. The van der Waals surface area contributed by atoms with Gasteiger partial charge >= 0.3 is 0 Å². The number of imidazole rings is 1. The van der Waals surface area contributed by atoms with Crippen LogP contribution in [0.1, 0.15) is 137 Å². The molecule has 1 N–H and O–H groups in total. The molecule has 152 valence electrons. The van der Waals surface area contributed by atoms with E-state index >= 15 is 0 Å². The standard InChI is InChI=1S/C24H46N2/c1-10-12-14-16-23(6,7)21-20(19(5)18(3)4)25-22(26-21)24(8,9)17-15-13-11-2/h18-19H,10-17H2,1-9H3,(H,25,26). The number of hydrogen-bond acceptors (Lipinski definition) is 1. The zero-order chi connectivity index (χ0) is 20.0. The summed E-state index contributed by atoms with van der Waals surface area (Å²) in [4.78, 5) is 9.06. The lowest BCUT2D eigenvalue weighted by atomic mass is 9.79. The summed E-state index contributed by atoms with van der Waals surface area (Å²) in [6, 6.07) is 0. The summed E-state index contributed by atoms with van der Waals surface area (Å²) < 4.78 is 0. The maximum atomic E-state index is 5.22. The van der Waals surface area contributed by atoms with Crippen LogP contribution in [0.15, 0.2) is 0 Å². The van der Waals surface area contributed by atoms with Crippen molar-refractivity contribution in [1.29, 1.82) is 0 Å². The van der Waals surface area contributed by atoms with Crippen molar-refractivity contribution in [3.8, 4) is 0 Å². The van der Waals surface area contributed by atoms with Gasteiger partial charge in [0.05, 0.1) is 5.69 Å². The minimum Gasteiger partial charge on any atom is -0.345 e. The van der Waals surface area contributed by atoms with Gasteiger partial charge in [-0.15, -0.1) is 0 Å². The second-order valence-corrected chi connectivity index (χ2v) is 10.1. The quantitative estimate of drug-likeness (QED) is 0.376. The number of nitrogens with one attached hydrogen (secondary N) is 1. The molecule has 0 aliphatic heterocycles.